The fourth-order valence-corrected chi connectivity index (χ4v) is 5.70. The van der Waals surface area contributed by atoms with Gasteiger partial charge in [0.15, 0.2) is 0 Å². The minimum atomic E-state index is -0.855. The Morgan fingerprint density at radius 2 is 0.919 bits per heavy atom. The van der Waals surface area contributed by atoms with Gasteiger partial charge in [0.05, 0.1) is 26.7 Å². The molecule has 1 N–H and O–H groups in total. The lowest BCUT2D eigenvalue weighted by Crippen LogP contribution is -2.49. The SMILES string of the molecule is CCCCCCCCCCCCCC(CCC)[N+](C)(C)CCCCCCCCCC(OC)(OC)OC.[OH-]. The van der Waals surface area contributed by atoms with Gasteiger partial charge in [-0.15, -0.1) is 0 Å². The molecule has 226 valence electrons. The Labute approximate surface area is 233 Å². The van der Waals surface area contributed by atoms with Gasteiger partial charge in [-0.25, -0.2) is 0 Å². The molecule has 0 heterocycles. The average molecular weight is 532 g/mol. The van der Waals surface area contributed by atoms with Gasteiger partial charge in [0.2, 0.25) is 0 Å². The summed E-state index contributed by atoms with van der Waals surface area (Å²) < 4.78 is 17.4. The van der Waals surface area contributed by atoms with Crippen molar-refractivity contribution in [2.24, 2.45) is 0 Å². The number of ether oxygens (including phenoxy) is 3. The van der Waals surface area contributed by atoms with Crippen molar-refractivity contribution in [3.05, 3.63) is 0 Å². The zero-order valence-corrected chi connectivity index (χ0v) is 26.5. The van der Waals surface area contributed by atoms with Crippen molar-refractivity contribution in [1.29, 1.82) is 0 Å². The first-order valence-electron chi connectivity index (χ1n) is 15.9. The molecule has 5 nitrogen and oxygen atoms in total. The summed E-state index contributed by atoms with van der Waals surface area (Å²) in [4.78, 5) is 0. The Morgan fingerprint density at radius 3 is 1.35 bits per heavy atom. The van der Waals surface area contributed by atoms with Crippen LogP contribution in [-0.2, 0) is 14.2 Å². The quantitative estimate of drug-likeness (QED) is 0.0573. The van der Waals surface area contributed by atoms with Crippen LogP contribution in [0.3, 0.4) is 0 Å². The highest BCUT2D eigenvalue weighted by Gasteiger charge is 2.28. The van der Waals surface area contributed by atoms with Gasteiger partial charge in [0.25, 0.3) is 5.97 Å². The summed E-state index contributed by atoms with van der Waals surface area (Å²) in [5.74, 6) is -0.855. The van der Waals surface area contributed by atoms with Gasteiger partial charge < -0.3 is 24.2 Å². The number of quaternary nitrogens is 1. The summed E-state index contributed by atoms with van der Waals surface area (Å²) in [7, 11) is 9.93. The van der Waals surface area contributed by atoms with E-state index < -0.39 is 5.97 Å². The highest BCUT2D eigenvalue weighted by molar-refractivity contribution is 4.61. The third-order valence-corrected chi connectivity index (χ3v) is 8.40. The smallest absolute Gasteiger partial charge is 0.282 e. The molecule has 1 unspecified atom stereocenters. The van der Waals surface area contributed by atoms with Crippen LogP contribution >= 0.6 is 0 Å². The van der Waals surface area contributed by atoms with Gasteiger partial charge in [-0.3, -0.25) is 0 Å². The minimum Gasteiger partial charge on any atom is -0.870 e. The van der Waals surface area contributed by atoms with E-state index in [1.54, 1.807) is 21.3 Å². The summed E-state index contributed by atoms with van der Waals surface area (Å²) >= 11 is 0. The maximum atomic E-state index is 5.38. The van der Waals surface area contributed by atoms with E-state index in [0.717, 1.165) is 18.9 Å². The Kier molecular flexibility index (Phi) is 27.4. The van der Waals surface area contributed by atoms with Crippen LogP contribution in [0.25, 0.3) is 0 Å². The normalized spacial score (nSPS) is 13.1. The Morgan fingerprint density at radius 1 is 0.514 bits per heavy atom. The predicted molar refractivity (Wildman–Crippen MR) is 159 cm³/mol. The number of hydrogen-bond donors (Lipinski definition) is 0. The number of unbranched alkanes of at least 4 members (excludes halogenated alkanes) is 16. The molecule has 0 fully saturated rings. The first kappa shape index (κ1) is 38.9. The topological polar surface area (TPSA) is 57.7 Å². The lowest BCUT2D eigenvalue weighted by atomic mass is 9.98. The van der Waals surface area contributed by atoms with Gasteiger partial charge in [-0.05, 0) is 38.5 Å². The molecule has 0 aromatic carbocycles. The molecular weight excluding hydrogens is 462 g/mol. The molecule has 0 aromatic heterocycles. The molecule has 0 amide bonds. The second kappa shape index (κ2) is 26.0. The van der Waals surface area contributed by atoms with Crippen LogP contribution in [0.4, 0.5) is 0 Å². The van der Waals surface area contributed by atoms with Crippen LogP contribution in [0.5, 0.6) is 0 Å². The highest BCUT2D eigenvalue weighted by Crippen LogP contribution is 2.23. The molecule has 0 bridgehead atoms. The summed E-state index contributed by atoms with van der Waals surface area (Å²) in [6.07, 6.45) is 29.8. The second-order valence-electron chi connectivity index (χ2n) is 11.8. The third-order valence-electron chi connectivity index (χ3n) is 8.40. The van der Waals surface area contributed by atoms with E-state index >= 15 is 0 Å². The maximum Gasteiger partial charge on any atom is 0.282 e. The summed E-state index contributed by atoms with van der Waals surface area (Å²) in [6, 6.07) is 0.844. The van der Waals surface area contributed by atoms with Crippen LogP contribution in [0.2, 0.25) is 0 Å². The molecule has 37 heavy (non-hydrogen) atoms. The molecule has 0 spiro atoms. The maximum absolute atomic E-state index is 5.38. The molecule has 0 saturated heterocycles. The van der Waals surface area contributed by atoms with Gasteiger partial charge >= 0.3 is 0 Å². The average Bonchev–Trinajstić information content (AvgIpc) is 2.88. The van der Waals surface area contributed by atoms with E-state index in [0.29, 0.717) is 0 Å². The van der Waals surface area contributed by atoms with Crippen LogP contribution in [-0.4, -0.2) is 63.9 Å². The zero-order chi connectivity index (χ0) is 27.0. The Balaban J connectivity index is 0. The molecule has 0 radical (unpaired) electrons. The molecule has 0 rings (SSSR count). The summed E-state index contributed by atoms with van der Waals surface area (Å²) in [5, 5.41) is 0. The van der Waals surface area contributed by atoms with E-state index in [-0.39, 0.29) is 5.48 Å². The van der Waals surface area contributed by atoms with Crippen molar-refractivity contribution in [2.75, 3.05) is 42.0 Å². The van der Waals surface area contributed by atoms with Crippen molar-refractivity contribution < 1.29 is 24.2 Å². The van der Waals surface area contributed by atoms with Crippen LogP contribution < -0.4 is 0 Å². The van der Waals surface area contributed by atoms with Crippen molar-refractivity contribution in [3.63, 3.8) is 0 Å². The number of nitrogens with zero attached hydrogens (tertiary/aromatic N) is 1. The molecule has 0 aromatic rings. The molecular formula is C32H69NO4. The van der Waals surface area contributed by atoms with Gasteiger partial charge in [0, 0.05) is 27.8 Å². The predicted octanol–water partition coefficient (Wildman–Crippen LogP) is 9.47. The molecule has 0 aliphatic carbocycles. The van der Waals surface area contributed by atoms with Gasteiger partial charge in [-0.2, -0.15) is 0 Å². The third kappa shape index (κ3) is 20.4. The number of rotatable bonds is 28. The molecule has 0 aliphatic rings. The van der Waals surface area contributed by atoms with Gasteiger partial charge in [-0.1, -0.05) is 110 Å². The minimum absolute atomic E-state index is 0. The van der Waals surface area contributed by atoms with Crippen molar-refractivity contribution in [1.82, 2.24) is 0 Å². The standard InChI is InChI=1S/C32H68NO3.H2O/c1-8-10-11-12-13-14-15-16-18-21-24-28-31(27-9-2)33(3,4)30-26-23-20-17-19-22-25-29-32(34-5,35-6)36-7;/h31H,8-30H2,1-7H3;1H2/q+1;/p-1. The van der Waals surface area contributed by atoms with E-state index in [9.17, 15) is 0 Å². The van der Waals surface area contributed by atoms with Crippen LogP contribution in [0.1, 0.15) is 155 Å². The van der Waals surface area contributed by atoms with Gasteiger partial charge in [0.1, 0.15) is 0 Å². The monoisotopic (exact) mass is 532 g/mol. The second-order valence-corrected chi connectivity index (χ2v) is 11.8. The lowest BCUT2D eigenvalue weighted by Gasteiger charge is -2.38. The fourth-order valence-electron chi connectivity index (χ4n) is 5.70. The number of hydrogen-bond acceptors (Lipinski definition) is 4. The van der Waals surface area contributed by atoms with Crippen LogP contribution in [0, 0.1) is 0 Å². The molecule has 1 atom stereocenters. The van der Waals surface area contributed by atoms with E-state index in [1.165, 1.54) is 139 Å². The van der Waals surface area contributed by atoms with Crippen molar-refractivity contribution in [3.8, 4) is 0 Å². The highest BCUT2D eigenvalue weighted by atomic mass is 16.9. The van der Waals surface area contributed by atoms with Crippen molar-refractivity contribution in [2.45, 2.75) is 167 Å². The Hall–Kier alpha value is -0.200. The Bertz CT molecular complexity index is 446. The number of methoxy groups -OCH3 is 3. The fraction of sp³-hybridized carbons (Fsp3) is 1.00. The molecule has 5 heteroatoms. The van der Waals surface area contributed by atoms with E-state index in [4.69, 9.17) is 14.2 Å². The van der Waals surface area contributed by atoms with E-state index in [1.807, 2.05) is 0 Å². The largest absolute Gasteiger partial charge is 0.870 e. The first-order chi connectivity index (χ1) is 17.4. The molecule has 0 saturated carbocycles. The summed E-state index contributed by atoms with van der Waals surface area (Å²) in [5.41, 5.74) is 0. The lowest BCUT2D eigenvalue weighted by molar-refractivity contribution is -0.916. The molecule has 0 aliphatic heterocycles. The first-order valence-corrected chi connectivity index (χ1v) is 15.9. The van der Waals surface area contributed by atoms with E-state index in [2.05, 4.69) is 27.9 Å². The van der Waals surface area contributed by atoms with Crippen molar-refractivity contribution >= 4 is 0 Å². The zero-order valence-electron chi connectivity index (χ0n) is 26.5. The summed E-state index contributed by atoms with van der Waals surface area (Å²) in [6.45, 7) is 6.00. The van der Waals surface area contributed by atoms with Crippen LogP contribution in [0.15, 0.2) is 0 Å².